The predicted molar refractivity (Wildman–Crippen MR) is 120 cm³/mol. The molecule has 0 radical (unpaired) electrons. The van der Waals surface area contributed by atoms with Crippen LogP contribution in [0.1, 0.15) is 10.4 Å². The molecule has 0 aliphatic carbocycles. The Morgan fingerprint density at radius 1 is 0.645 bits per heavy atom. The first kappa shape index (κ1) is 21.5. The summed E-state index contributed by atoms with van der Waals surface area (Å²) in [6, 6.07) is 18.7. The van der Waals surface area contributed by atoms with Gasteiger partial charge in [-0.25, -0.2) is 4.79 Å². The van der Waals surface area contributed by atoms with Crippen LogP contribution in [0.25, 0.3) is 0 Å². The molecule has 3 rings (SSSR count). The second-order valence-electron chi connectivity index (χ2n) is 6.39. The topological polar surface area (TPSA) is 97.9 Å². The first-order valence-electron chi connectivity index (χ1n) is 9.38. The summed E-state index contributed by atoms with van der Waals surface area (Å²) in [6.45, 7) is 0. The molecule has 0 aromatic heterocycles. The van der Waals surface area contributed by atoms with Gasteiger partial charge in [0.05, 0.1) is 21.3 Å². The van der Waals surface area contributed by atoms with E-state index in [1.165, 1.54) is 21.3 Å². The van der Waals surface area contributed by atoms with E-state index in [0.717, 1.165) is 0 Å². The lowest BCUT2D eigenvalue weighted by atomic mass is 10.1. The van der Waals surface area contributed by atoms with Crippen molar-refractivity contribution in [1.29, 1.82) is 0 Å². The summed E-state index contributed by atoms with van der Waals surface area (Å²) in [5.41, 5.74) is 2.18. The van der Waals surface area contributed by atoms with E-state index in [1.807, 2.05) is 18.2 Å². The van der Waals surface area contributed by atoms with Crippen molar-refractivity contribution in [2.24, 2.45) is 0 Å². The van der Waals surface area contributed by atoms with Gasteiger partial charge in [0.2, 0.25) is 5.75 Å². The highest BCUT2D eigenvalue weighted by Crippen LogP contribution is 2.38. The average Bonchev–Trinajstić information content (AvgIpc) is 2.79. The van der Waals surface area contributed by atoms with Gasteiger partial charge in [0.25, 0.3) is 5.91 Å². The number of ether oxygens (including phenoxy) is 3. The van der Waals surface area contributed by atoms with E-state index in [2.05, 4.69) is 16.0 Å². The van der Waals surface area contributed by atoms with Gasteiger partial charge in [-0.3, -0.25) is 4.79 Å². The number of benzene rings is 3. The fourth-order valence-corrected chi connectivity index (χ4v) is 2.87. The summed E-state index contributed by atoms with van der Waals surface area (Å²) in [5, 5.41) is 8.27. The monoisotopic (exact) mass is 421 g/mol. The molecule has 0 fully saturated rings. The van der Waals surface area contributed by atoms with Crippen molar-refractivity contribution in [3.05, 3.63) is 72.3 Å². The molecule has 3 amide bonds. The number of hydrogen-bond acceptors (Lipinski definition) is 5. The fraction of sp³-hybridized carbons (Fsp3) is 0.130. The quantitative estimate of drug-likeness (QED) is 0.518. The number of amides is 3. The van der Waals surface area contributed by atoms with Crippen LogP contribution >= 0.6 is 0 Å². The summed E-state index contributed by atoms with van der Waals surface area (Å²) in [5.74, 6) is 0.833. The molecule has 0 saturated carbocycles. The van der Waals surface area contributed by atoms with Gasteiger partial charge in [0.15, 0.2) is 11.5 Å². The third-order valence-electron chi connectivity index (χ3n) is 4.36. The highest BCUT2D eigenvalue weighted by Gasteiger charge is 2.17. The number of carbonyl (C=O) groups is 2. The zero-order valence-electron chi connectivity index (χ0n) is 17.4. The molecule has 3 aromatic rings. The fourth-order valence-electron chi connectivity index (χ4n) is 2.87. The number of nitrogens with one attached hydrogen (secondary N) is 3. The van der Waals surface area contributed by atoms with Crippen molar-refractivity contribution in [2.75, 3.05) is 37.3 Å². The van der Waals surface area contributed by atoms with Gasteiger partial charge in [0.1, 0.15) is 0 Å². The van der Waals surface area contributed by atoms with Gasteiger partial charge in [-0.2, -0.15) is 0 Å². The molecule has 0 heterocycles. The smallest absolute Gasteiger partial charge is 0.323 e. The molecular weight excluding hydrogens is 398 g/mol. The highest BCUT2D eigenvalue weighted by atomic mass is 16.5. The maximum absolute atomic E-state index is 12.7. The zero-order valence-corrected chi connectivity index (χ0v) is 17.4. The first-order chi connectivity index (χ1) is 15.0. The van der Waals surface area contributed by atoms with Gasteiger partial charge in [0, 0.05) is 22.6 Å². The summed E-state index contributed by atoms with van der Waals surface area (Å²) < 4.78 is 15.8. The van der Waals surface area contributed by atoms with Crippen LogP contribution in [-0.2, 0) is 0 Å². The highest BCUT2D eigenvalue weighted by molar-refractivity contribution is 6.05. The Kier molecular flexibility index (Phi) is 6.95. The average molecular weight is 421 g/mol. The number of para-hydroxylation sites is 1. The van der Waals surface area contributed by atoms with Crippen molar-refractivity contribution in [3.63, 3.8) is 0 Å². The SMILES string of the molecule is COc1cc(C(=O)Nc2ccc(NC(=O)Nc3ccccc3)cc2)cc(OC)c1OC. The molecule has 0 aliphatic rings. The number of rotatable bonds is 7. The molecular formula is C23H23N3O5. The lowest BCUT2D eigenvalue weighted by molar-refractivity contribution is 0.102. The van der Waals surface area contributed by atoms with Crippen LogP contribution in [0.3, 0.4) is 0 Å². The number of hydrogen-bond donors (Lipinski definition) is 3. The summed E-state index contributed by atoms with van der Waals surface area (Å²) >= 11 is 0. The second kappa shape index (κ2) is 10.0. The Morgan fingerprint density at radius 2 is 1.13 bits per heavy atom. The van der Waals surface area contributed by atoms with E-state index in [4.69, 9.17) is 14.2 Å². The molecule has 8 nitrogen and oxygen atoms in total. The Labute approximate surface area is 180 Å². The van der Waals surface area contributed by atoms with Crippen LogP contribution in [0, 0.1) is 0 Å². The van der Waals surface area contributed by atoms with Crippen LogP contribution in [0.4, 0.5) is 21.9 Å². The number of methoxy groups -OCH3 is 3. The van der Waals surface area contributed by atoms with Crippen molar-refractivity contribution in [2.45, 2.75) is 0 Å². The molecule has 0 atom stereocenters. The Bertz CT molecular complexity index is 1030. The third-order valence-corrected chi connectivity index (χ3v) is 4.36. The lowest BCUT2D eigenvalue weighted by Gasteiger charge is -2.14. The Balaban J connectivity index is 1.65. The Hall–Kier alpha value is -4.20. The van der Waals surface area contributed by atoms with Crippen molar-refractivity contribution in [3.8, 4) is 17.2 Å². The minimum atomic E-state index is -0.361. The molecule has 0 bridgehead atoms. The van der Waals surface area contributed by atoms with Crippen molar-refractivity contribution >= 4 is 29.0 Å². The molecule has 0 spiro atoms. The van der Waals surface area contributed by atoms with E-state index >= 15 is 0 Å². The summed E-state index contributed by atoms with van der Waals surface area (Å²) in [7, 11) is 4.47. The molecule has 0 saturated heterocycles. The minimum Gasteiger partial charge on any atom is -0.493 e. The van der Waals surface area contributed by atoms with E-state index in [-0.39, 0.29) is 11.9 Å². The predicted octanol–water partition coefficient (Wildman–Crippen LogP) is 4.61. The molecule has 3 N–H and O–H groups in total. The van der Waals surface area contributed by atoms with Gasteiger partial charge in [-0.15, -0.1) is 0 Å². The molecule has 3 aromatic carbocycles. The first-order valence-corrected chi connectivity index (χ1v) is 9.38. The van der Waals surface area contributed by atoms with Gasteiger partial charge in [-0.1, -0.05) is 18.2 Å². The maximum Gasteiger partial charge on any atom is 0.323 e. The third kappa shape index (κ3) is 5.45. The van der Waals surface area contributed by atoms with Crippen molar-refractivity contribution < 1.29 is 23.8 Å². The number of urea groups is 1. The summed E-state index contributed by atoms with van der Waals surface area (Å²) in [4.78, 5) is 24.7. The largest absolute Gasteiger partial charge is 0.493 e. The van der Waals surface area contributed by atoms with Crippen LogP contribution in [0.5, 0.6) is 17.2 Å². The lowest BCUT2D eigenvalue weighted by Crippen LogP contribution is -2.19. The van der Waals surface area contributed by atoms with Crippen LogP contribution < -0.4 is 30.2 Å². The van der Waals surface area contributed by atoms with Gasteiger partial charge < -0.3 is 30.2 Å². The Morgan fingerprint density at radius 3 is 1.61 bits per heavy atom. The number of anilines is 3. The second-order valence-corrected chi connectivity index (χ2v) is 6.39. The van der Waals surface area contributed by atoms with Crippen LogP contribution in [0.2, 0.25) is 0 Å². The molecule has 0 unspecified atom stereocenters. The summed E-state index contributed by atoms with van der Waals surface area (Å²) in [6.07, 6.45) is 0. The van der Waals surface area contributed by atoms with E-state index in [1.54, 1.807) is 48.5 Å². The number of carbonyl (C=O) groups excluding carboxylic acids is 2. The molecule has 160 valence electrons. The van der Waals surface area contributed by atoms with E-state index < -0.39 is 0 Å². The van der Waals surface area contributed by atoms with E-state index in [0.29, 0.717) is 39.9 Å². The van der Waals surface area contributed by atoms with E-state index in [9.17, 15) is 9.59 Å². The zero-order chi connectivity index (χ0) is 22.2. The normalized spacial score (nSPS) is 10.0. The molecule has 0 aliphatic heterocycles. The van der Waals surface area contributed by atoms with Crippen molar-refractivity contribution in [1.82, 2.24) is 0 Å². The molecule has 31 heavy (non-hydrogen) atoms. The van der Waals surface area contributed by atoms with Crippen LogP contribution in [-0.4, -0.2) is 33.3 Å². The van der Waals surface area contributed by atoms with Gasteiger partial charge >= 0.3 is 6.03 Å². The standard InChI is InChI=1S/C23H23N3O5/c1-29-19-13-15(14-20(30-2)21(19)31-3)22(27)24-17-9-11-18(12-10-17)26-23(28)25-16-7-5-4-6-8-16/h4-14H,1-3H3,(H,24,27)(H2,25,26,28). The van der Waals surface area contributed by atoms with Gasteiger partial charge in [-0.05, 0) is 48.5 Å². The van der Waals surface area contributed by atoms with Crippen LogP contribution in [0.15, 0.2) is 66.7 Å². The maximum atomic E-state index is 12.7. The molecule has 8 heteroatoms. The minimum absolute atomic E-state index is 0.346.